The Bertz CT molecular complexity index is 459. The van der Waals surface area contributed by atoms with Crippen molar-refractivity contribution in [2.24, 2.45) is 5.92 Å². The second-order valence-electron chi connectivity index (χ2n) is 5.17. The van der Waals surface area contributed by atoms with E-state index in [1.54, 1.807) is 6.07 Å². The molecule has 0 aliphatic heterocycles. The van der Waals surface area contributed by atoms with Crippen molar-refractivity contribution < 1.29 is 14.6 Å². The van der Waals surface area contributed by atoms with E-state index in [-0.39, 0.29) is 11.7 Å². The molecule has 2 atom stereocenters. The smallest absolute Gasteiger partial charge is 0.335 e. The number of carboxylic acids is 1. The number of nitrogen functional groups attached to an aromatic ring is 1. The lowest BCUT2D eigenvalue weighted by Crippen LogP contribution is -2.30. The molecule has 0 spiro atoms. The van der Waals surface area contributed by atoms with Crippen LogP contribution in [0.2, 0.25) is 0 Å². The van der Waals surface area contributed by atoms with Gasteiger partial charge in [-0.25, -0.2) is 4.79 Å². The number of ether oxygens (including phenoxy) is 1. The number of rotatable bonds is 4. The fourth-order valence-electron chi connectivity index (χ4n) is 2.73. The first-order chi connectivity index (χ1) is 9.11. The van der Waals surface area contributed by atoms with Crippen molar-refractivity contribution in [2.45, 2.75) is 45.1 Å². The summed E-state index contributed by atoms with van der Waals surface area (Å²) in [4.78, 5) is 11.0. The highest BCUT2D eigenvalue weighted by Gasteiger charge is 2.26. The molecule has 1 aliphatic carbocycles. The van der Waals surface area contributed by atoms with Gasteiger partial charge in [0.2, 0.25) is 0 Å². The van der Waals surface area contributed by atoms with Gasteiger partial charge in [-0.15, -0.1) is 0 Å². The van der Waals surface area contributed by atoms with E-state index in [1.807, 2.05) is 0 Å². The number of carbonyl (C=O) groups is 1. The van der Waals surface area contributed by atoms with Crippen molar-refractivity contribution in [3.63, 3.8) is 0 Å². The molecule has 0 aromatic heterocycles. The first-order valence-corrected chi connectivity index (χ1v) is 6.91. The predicted octanol–water partition coefficient (Wildman–Crippen LogP) is 3.31. The van der Waals surface area contributed by atoms with E-state index >= 15 is 0 Å². The van der Waals surface area contributed by atoms with Crippen LogP contribution in [0, 0.1) is 5.92 Å². The molecule has 1 saturated carbocycles. The lowest BCUT2D eigenvalue weighted by molar-refractivity contribution is 0.0693. The van der Waals surface area contributed by atoms with E-state index in [0.29, 0.717) is 17.4 Å². The summed E-state index contributed by atoms with van der Waals surface area (Å²) in [5.74, 6) is 0.0902. The second kappa shape index (κ2) is 5.95. The minimum absolute atomic E-state index is 0.157. The maximum Gasteiger partial charge on any atom is 0.335 e. The Morgan fingerprint density at radius 3 is 2.84 bits per heavy atom. The summed E-state index contributed by atoms with van der Waals surface area (Å²) in [6.07, 6.45) is 5.87. The molecule has 1 aromatic rings. The second-order valence-corrected chi connectivity index (χ2v) is 5.17. The molecule has 1 fully saturated rings. The summed E-state index contributed by atoms with van der Waals surface area (Å²) in [6.45, 7) is 2.17. The lowest BCUT2D eigenvalue weighted by Gasteiger charge is -2.31. The molecule has 0 radical (unpaired) electrons. The highest BCUT2D eigenvalue weighted by molar-refractivity contribution is 5.89. The van der Waals surface area contributed by atoms with Gasteiger partial charge < -0.3 is 15.6 Å². The first kappa shape index (κ1) is 13.7. The molecule has 104 valence electrons. The van der Waals surface area contributed by atoms with Crippen LogP contribution in [0.25, 0.3) is 0 Å². The standard InChI is InChI=1S/C15H21NO3/c1-2-10-5-3-4-6-13(10)19-14-9-11(15(17)18)7-8-12(14)16/h7-10,13H,2-6,16H2,1H3,(H,17,18). The Hall–Kier alpha value is -1.71. The van der Waals surface area contributed by atoms with E-state index in [0.717, 1.165) is 12.8 Å². The minimum Gasteiger partial charge on any atom is -0.488 e. The zero-order valence-corrected chi connectivity index (χ0v) is 11.3. The molecule has 4 nitrogen and oxygen atoms in total. The molecule has 0 bridgehead atoms. The van der Waals surface area contributed by atoms with Crippen LogP contribution >= 0.6 is 0 Å². The Balaban J connectivity index is 2.17. The van der Waals surface area contributed by atoms with Gasteiger partial charge in [-0.05, 0) is 49.8 Å². The largest absolute Gasteiger partial charge is 0.488 e. The van der Waals surface area contributed by atoms with Gasteiger partial charge in [-0.3, -0.25) is 0 Å². The number of benzene rings is 1. The lowest BCUT2D eigenvalue weighted by atomic mass is 9.85. The highest BCUT2D eigenvalue weighted by Crippen LogP contribution is 2.33. The van der Waals surface area contributed by atoms with Crippen molar-refractivity contribution >= 4 is 11.7 Å². The third-order valence-corrected chi connectivity index (χ3v) is 3.90. The van der Waals surface area contributed by atoms with Crippen LogP contribution in [0.3, 0.4) is 0 Å². The van der Waals surface area contributed by atoms with Gasteiger partial charge in [-0.1, -0.05) is 13.3 Å². The van der Waals surface area contributed by atoms with Gasteiger partial charge in [0, 0.05) is 0 Å². The molecule has 0 saturated heterocycles. The molecule has 2 rings (SSSR count). The number of carboxylic acid groups (broad SMARTS) is 1. The van der Waals surface area contributed by atoms with Crippen LogP contribution < -0.4 is 10.5 Å². The Kier molecular flexibility index (Phi) is 4.30. The molecule has 1 aliphatic rings. The molecule has 3 N–H and O–H groups in total. The summed E-state index contributed by atoms with van der Waals surface area (Å²) < 4.78 is 5.99. The molecule has 0 amide bonds. The van der Waals surface area contributed by atoms with Gasteiger partial charge in [0.25, 0.3) is 0 Å². The number of hydrogen-bond donors (Lipinski definition) is 2. The van der Waals surface area contributed by atoms with Crippen molar-refractivity contribution in [3.05, 3.63) is 23.8 Å². The summed E-state index contributed by atoms with van der Waals surface area (Å²) in [5.41, 5.74) is 6.60. The van der Waals surface area contributed by atoms with Crippen LogP contribution in [0.5, 0.6) is 5.75 Å². The molecule has 2 unspecified atom stereocenters. The highest BCUT2D eigenvalue weighted by atomic mass is 16.5. The van der Waals surface area contributed by atoms with Crippen LogP contribution in [-0.4, -0.2) is 17.2 Å². The van der Waals surface area contributed by atoms with Crippen molar-refractivity contribution in [3.8, 4) is 5.75 Å². The Labute approximate surface area is 113 Å². The van der Waals surface area contributed by atoms with Crippen LogP contribution in [0.15, 0.2) is 18.2 Å². The van der Waals surface area contributed by atoms with E-state index in [9.17, 15) is 4.79 Å². The number of hydrogen-bond acceptors (Lipinski definition) is 3. The monoisotopic (exact) mass is 263 g/mol. The summed E-state index contributed by atoms with van der Waals surface area (Å²) in [5, 5.41) is 9.01. The molecule has 1 aromatic carbocycles. The Morgan fingerprint density at radius 1 is 1.42 bits per heavy atom. The van der Waals surface area contributed by atoms with Crippen LogP contribution in [0.4, 0.5) is 5.69 Å². The van der Waals surface area contributed by atoms with E-state index in [1.165, 1.54) is 31.4 Å². The summed E-state index contributed by atoms with van der Waals surface area (Å²) in [6, 6.07) is 4.63. The minimum atomic E-state index is -0.958. The summed E-state index contributed by atoms with van der Waals surface area (Å²) in [7, 11) is 0. The molecule has 4 heteroatoms. The quantitative estimate of drug-likeness (QED) is 0.817. The van der Waals surface area contributed by atoms with Gasteiger partial charge in [-0.2, -0.15) is 0 Å². The SMILES string of the molecule is CCC1CCCCC1Oc1cc(C(=O)O)ccc1N. The fraction of sp³-hybridized carbons (Fsp3) is 0.533. The van der Waals surface area contributed by atoms with Gasteiger partial charge in [0.05, 0.1) is 11.3 Å². The van der Waals surface area contributed by atoms with Gasteiger partial charge in [0.1, 0.15) is 11.9 Å². The van der Waals surface area contributed by atoms with Crippen molar-refractivity contribution in [2.75, 3.05) is 5.73 Å². The van der Waals surface area contributed by atoms with Gasteiger partial charge in [0.15, 0.2) is 0 Å². The number of anilines is 1. The Morgan fingerprint density at radius 2 is 2.16 bits per heavy atom. The third kappa shape index (κ3) is 3.19. The number of nitrogens with two attached hydrogens (primary N) is 1. The maximum absolute atomic E-state index is 11.0. The zero-order valence-electron chi connectivity index (χ0n) is 11.3. The van der Waals surface area contributed by atoms with Crippen LogP contribution in [0.1, 0.15) is 49.4 Å². The third-order valence-electron chi connectivity index (χ3n) is 3.90. The van der Waals surface area contributed by atoms with Crippen LogP contribution in [-0.2, 0) is 0 Å². The van der Waals surface area contributed by atoms with Crippen molar-refractivity contribution in [1.82, 2.24) is 0 Å². The first-order valence-electron chi connectivity index (χ1n) is 6.91. The topological polar surface area (TPSA) is 72.5 Å². The predicted molar refractivity (Wildman–Crippen MR) is 74.5 cm³/mol. The van der Waals surface area contributed by atoms with E-state index < -0.39 is 5.97 Å². The van der Waals surface area contributed by atoms with E-state index in [2.05, 4.69) is 6.92 Å². The maximum atomic E-state index is 11.0. The average Bonchev–Trinajstić information content (AvgIpc) is 2.41. The van der Waals surface area contributed by atoms with E-state index in [4.69, 9.17) is 15.6 Å². The zero-order chi connectivity index (χ0) is 13.8. The van der Waals surface area contributed by atoms with Gasteiger partial charge >= 0.3 is 5.97 Å². The molecular formula is C15H21NO3. The normalized spacial score (nSPS) is 23.0. The molecule has 0 heterocycles. The molecular weight excluding hydrogens is 242 g/mol. The van der Waals surface area contributed by atoms with Crippen molar-refractivity contribution in [1.29, 1.82) is 0 Å². The molecule has 19 heavy (non-hydrogen) atoms. The fourth-order valence-corrected chi connectivity index (χ4v) is 2.73. The summed E-state index contributed by atoms with van der Waals surface area (Å²) >= 11 is 0. The number of aromatic carboxylic acids is 1. The average molecular weight is 263 g/mol.